The molecule has 1 N–H and O–H groups in total. The number of benzene rings is 1. The van der Waals surface area contributed by atoms with Crippen LogP contribution >= 0.6 is 11.6 Å². The van der Waals surface area contributed by atoms with Crippen molar-refractivity contribution in [1.82, 2.24) is 4.57 Å². The van der Waals surface area contributed by atoms with Crippen LogP contribution in [-0.2, 0) is 11.2 Å². The quantitative estimate of drug-likeness (QED) is 0.930. The van der Waals surface area contributed by atoms with Crippen LogP contribution in [0.15, 0.2) is 16.9 Å². The number of carbonyl (C=O) groups is 1. The lowest BCUT2D eigenvalue weighted by molar-refractivity contribution is -0.136. The van der Waals surface area contributed by atoms with E-state index in [-0.39, 0.29) is 24.3 Å². The fraction of sp³-hybridized carbons (Fsp3) is 0.412. The highest BCUT2D eigenvalue weighted by Gasteiger charge is 2.18. The molecule has 0 radical (unpaired) electrons. The summed E-state index contributed by atoms with van der Waals surface area (Å²) in [6.45, 7) is 7.91. The third-order valence-corrected chi connectivity index (χ3v) is 4.15. The normalized spacial score (nSPS) is 11.4. The number of pyridine rings is 1. The second kappa shape index (κ2) is 6.13. The summed E-state index contributed by atoms with van der Waals surface area (Å²) in [7, 11) is 0. The predicted octanol–water partition coefficient (Wildman–Crippen LogP) is 3.87. The molecule has 0 atom stereocenters. The van der Waals surface area contributed by atoms with Crippen LogP contribution in [0.4, 0.5) is 0 Å². The molecule has 0 saturated heterocycles. The number of aryl methyl sites for hydroxylation is 1. The van der Waals surface area contributed by atoms with Gasteiger partial charge in [-0.1, -0.05) is 11.6 Å². The van der Waals surface area contributed by atoms with Crippen molar-refractivity contribution in [2.24, 2.45) is 0 Å². The average molecular weight is 322 g/mol. The van der Waals surface area contributed by atoms with E-state index in [1.54, 1.807) is 6.07 Å². The van der Waals surface area contributed by atoms with Gasteiger partial charge >= 0.3 is 5.97 Å². The van der Waals surface area contributed by atoms with Gasteiger partial charge in [-0.2, -0.15) is 0 Å². The van der Waals surface area contributed by atoms with E-state index in [0.29, 0.717) is 16.0 Å². The SMILES string of the molecule is Cc1cc(Cl)cc2c(=O)c(CCC(=O)O)c(C)n(C(C)C)c12. The van der Waals surface area contributed by atoms with Crippen LogP contribution < -0.4 is 5.43 Å². The Morgan fingerprint density at radius 1 is 1.32 bits per heavy atom. The van der Waals surface area contributed by atoms with E-state index in [9.17, 15) is 9.59 Å². The minimum Gasteiger partial charge on any atom is -0.481 e. The van der Waals surface area contributed by atoms with Crippen molar-refractivity contribution < 1.29 is 9.90 Å². The van der Waals surface area contributed by atoms with Crippen LogP contribution in [0.2, 0.25) is 5.02 Å². The second-order valence-corrected chi connectivity index (χ2v) is 6.31. The lowest BCUT2D eigenvalue weighted by atomic mass is 10.0. The molecule has 0 aliphatic heterocycles. The van der Waals surface area contributed by atoms with Crippen LogP contribution in [0.1, 0.15) is 43.1 Å². The van der Waals surface area contributed by atoms with Gasteiger partial charge in [0.15, 0.2) is 5.43 Å². The Balaban J connectivity index is 2.88. The minimum atomic E-state index is -0.905. The van der Waals surface area contributed by atoms with Gasteiger partial charge in [-0.25, -0.2) is 0 Å². The number of hydrogen-bond donors (Lipinski definition) is 1. The number of nitrogens with zero attached hydrogens (tertiary/aromatic N) is 1. The first kappa shape index (κ1) is 16.6. The Morgan fingerprint density at radius 3 is 2.50 bits per heavy atom. The van der Waals surface area contributed by atoms with Crippen LogP contribution in [0.3, 0.4) is 0 Å². The Kier molecular flexibility index (Phi) is 4.61. The van der Waals surface area contributed by atoms with Gasteiger partial charge in [0, 0.05) is 34.1 Å². The first-order valence-electron chi connectivity index (χ1n) is 7.29. The fourth-order valence-electron chi connectivity index (χ4n) is 3.04. The lowest BCUT2D eigenvalue weighted by Gasteiger charge is -2.22. The third-order valence-electron chi connectivity index (χ3n) is 3.93. The van der Waals surface area contributed by atoms with Crippen molar-refractivity contribution >= 4 is 28.5 Å². The van der Waals surface area contributed by atoms with Gasteiger partial charge in [0.25, 0.3) is 0 Å². The van der Waals surface area contributed by atoms with E-state index in [0.717, 1.165) is 16.8 Å². The maximum Gasteiger partial charge on any atom is 0.303 e. The number of aromatic nitrogens is 1. The average Bonchev–Trinajstić information content (AvgIpc) is 2.39. The highest BCUT2D eigenvalue weighted by atomic mass is 35.5. The Morgan fingerprint density at radius 2 is 1.95 bits per heavy atom. The first-order chi connectivity index (χ1) is 10.2. The standard InChI is InChI=1S/C17H20ClNO3/c1-9(2)19-11(4)13(5-6-15(20)21)17(22)14-8-12(18)7-10(3)16(14)19/h7-9H,5-6H2,1-4H3,(H,20,21). The number of hydrogen-bond acceptors (Lipinski definition) is 2. The van der Waals surface area contributed by atoms with E-state index in [1.807, 2.05) is 33.8 Å². The molecule has 0 spiro atoms. The summed E-state index contributed by atoms with van der Waals surface area (Å²) >= 11 is 6.11. The molecule has 1 heterocycles. The second-order valence-electron chi connectivity index (χ2n) is 5.87. The molecule has 1 aromatic heterocycles. The zero-order chi connectivity index (χ0) is 16.6. The zero-order valence-electron chi connectivity index (χ0n) is 13.2. The van der Waals surface area contributed by atoms with Crippen LogP contribution in [0.5, 0.6) is 0 Å². The van der Waals surface area contributed by atoms with Crippen LogP contribution in [-0.4, -0.2) is 15.6 Å². The Labute approximate surface area is 134 Å². The summed E-state index contributed by atoms with van der Waals surface area (Å²) in [4.78, 5) is 23.6. The van der Waals surface area contributed by atoms with Gasteiger partial charge in [0.2, 0.25) is 0 Å². The summed E-state index contributed by atoms with van der Waals surface area (Å²) < 4.78 is 2.10. The molecule has 4 nitrogen and oxygen atoms in total. The first-order valence-corrected chi connectivity index (χ1v) is 7.67. The van der Waals surface area contributed by atoms with E-state index in [2.05, 4.69) is 4.57 Å². The fourth-order valence-corrected chi connectivity index (χ4v) is 3.31. The largest absolute Gasteiger partial charge is 0.481 e. The summed E-state index contributed by atoms with van der Waals surface area (Å²) in [6, 6.07) is 3.68. The van der Waals surface area contributed by atoms with Crippen molar-refractivity contribution in [2.45, 2.75) is 46.6 Å². The molecular formula is C17H20ClNO3. The van der Waals surface area contributed by atoms with Crippen molar-refractivity contribution in [3.63, 3.8) is 0 Å². The summed E-state index contributed by atoms with van der Waals surface area (Å²) in [5.74, 6) is -0.905. The van der Waals surface area contributed by atoms with E-state index in [1.165, 1.54) is 0 Å². The van der Waals surface area contributed by atoms with Gasteiger partial charge in [-0.05, 0) is 51.8 Å². The Bertz CT molecular complexity index is 806. The highest BCUT2D eigenvalue weighted by molar-refractivity contribution is 6.31. The van der Waals surface area contributed by atoms with E-state index >= 15 is 0 Å². The Hall–Kier alpha value is -1.81. The van der Waals surface area contributed by atoms with Crippen molar-refractivity contribution in [1.29, 1.82) is 0 Å². The van der Waals surface area contributed by atoms with Crippen molar-refractivity contribution in [3.8, 4) is 0 Å². The van der Waals surface area contributed by atoms with Crippen LogP contribution in [0, 0.1) is 13.8 Å². The van der Waals surface area contributed by atoms with Gasteiger partial charge in [-0.15, -0.1) is 0 Å². The molecule has 0 bridgehead atoms. The monoisotopic (exact) mass is 321 g/mol. The van der Waals surface area contributed by atoms with Gasteiger partial charge in [0.1, 0.15) is 0 Å². The van der Waals surface area contributed by atoms with Gasteiger partial charge in [0.05, 0.1) is 5.52 Å². The van der Waals surface area contributed by atoms with Gasteiger partial charge < -0.3 is 9.67 Å². The molecule has 2 rings (SSSR count). The maximum atomic E-state index is 12.8. The van der Waals surface area contributed by atoms with Gasteiger partial charge in [-0.3, -0.25) is 9.59 Å². The van der Waals surface area contributed by atoms with E-state index < -0.39 is 5.97 Å². The number of fused-ring (bicyclic) bond motifs is 1. The predicted molar refractivity (Wildman–Crippen MR) is 89.0 cm³/mol. The summed E-state index contributed by atoms with van der Waals surface area (Å²) in [5.41, 5.74) is 3.10. The molecule has 0 saturated carbocycles. The minimum absolute atomic E-state index is 0.0563. The zero-order valence-corrected chi connectivity index (χ0v) is 14.0. The van der Waals surface area contributed by atoms with Crippen LogP contribution in [0.25, 0.3) is 10.9 Å². The molecule has 0 aliphatic carbocycles. The molecule has 0 amide bonds. The molecule has 5 heteroatoms. The smallest absolute Gasteiger partial charge is 0.303 e. The van der Waals surface area contributed by atoms with E-state index in [4.69, 9.17) is 16.7 Å². The molecule has 1 aromatic carbocycles. The number of carboxylic acids is 1. The van der Waals surface area contributed by atoms with Crippen molar-refractivity contribution in [2.75, 3.05) is 0 Å². The lowest BCUT2D eigenvalue weighted by Crippen LogP contribution is -2.21. The topological polar surface area (TPSA) is 59.3 Å². The molecule has 0 aliphatic rings. The number of halogens is 1. The maximum absolute atomic E-state index is 12.8. The number of rotatable bonds is 4. The number of carboxylic acid groups (broad SMARTS) is 1. The molecule has 118 valence electrons. The summed E-state index contributed by atoms with van der Waals surface area (Å²) in [6.07, 6.45) is 0.174. The summed E-state index contributed by atoms with van der Waals surface area (Å²) in [5, 5.41) is 9.99. The molecular weight excluding hydrogens is 302 g/mol. The van der Waals surface area contributed by atoms with Crippen molar-refractivity contribution in [3.05, 3.63) is 44.2 Å². The third kappa shape index (κ3) is 2.88. The molecule has 2 aromatic rings. The molecule has 0 unspecified atom stereocenters. The highest BCUT2D eigenvalue weighted by Crippen LogP contribution is 2.27. The number of aliphatic carboxylic acids is 1. The molecule has 0 fully saturated rings. The molecule has 22 heavy (non-hydrogen) atoms.